The molecule has 0 aliphatic carbocycles. The lowest BCUT2D eigenvalue weighted by Gasteiger charge is -2.14. The summed E-state index contributed by atoms with van der Waals surface area (Å²) < 4.78 is 0. The van der Waals surface area contributed by atoms with Gasteiger partial charge in [0.1, 0.15) is 12.7 Å². The number of carbonyl (C=O) groups is 1. The summed E-state index contributed by atoms with van der Waals surface area (Å²) in [4.78, 5) is 10.6. The maximum Gasteiger partial charge on any atom is 0.189 e. The van der Waals surface area contributed by atoms with Crippen LogP contribution < -0.4 is 0 Å². The minimum atomic E-state index is -1.48. The molecule has 0 aromatic carbocycles. The van der Waals surface area contributed by atoms with E-state index in [9.17, 15) is 4.79 Å². The second-order valence-corrected chi connectivity index (χ2v) is 2.50. The van der Waals surface area contributed by atoms with Crippen molar-refractivity contribution in [3.05, 3.63) is 12.7 Å². The number of aliphatic hydroxyl groups excluding tert-OH is 3. The van der Waals surface area contributed by atoms with Crippen LogP contribution in [0.5, 0.6) is 0 Å². The Bertz CT molecular complexity index is 155. The molecule has 0 rings (SSSR count). The van der Waals surface area contributed by atoms with Gasteiger partial charge in [-0.25, -0.2) is 0 Å². The van der Waals surface area contributed by atoms with Crippen molar-refractivity contribution in [1.82, 2.24) is 0 Å². The molecule has 70 valence electrons. The fraction of sp³-hybridized carbons (Fsp3) is 0.625. The molecule has 0 amide bonds. The van der Waals surface area contributed by atoms with E-state index in [1.807, 2.05) is 0 Å². The molecule has 0 aliphatic heterocycles. The second-order valence-electron chi connectivity index (χ2n) is 2.50. The summed E-state index contributed by atoms with van der Waals surface area (Å²) in [6.45, 7) is 2.69. The Balaban J connectivity index is 3.82. The number of rotatable bonds is 6. The van der Waals surface area contributed by atoms with E-state index in [0.29, 0.717) is 6.42 Å². The Morgan fingerprint density at radius 3 is 2.50 bits per heavy atom. The third-order valence-corrected chi connectivity index (χ3v) is 1.52. The average molecular weight is 174 g/mol. The Morgan fingerprint density at radius 2 is 2.08 bits per heavy atom. The van der Waals surface area contributed by atoms with Gasteiger partial charge in [0.15, 0.2) is 5.78 Å². The molecule has 0 fully saturated rings. The van der Waals surface area contributed by atoms with Crippen LogP contribution in [0.25, 0.3) is 0 Å². The molecule has 12 heavy (non-hydrogen) atoms. The highest BCUT2D eigenvalue weighted by Crippen LogP contribution is 2.03. The van der Waals surface area contributed by atoms with E-state index < -0.39 is 24.6 Å². The summed E-state index contributed by atoms with van der Waals surface area (Å²) in [5, 5.41) is 26.5. The molecule has 0 aromatic heterocycles. The van der Waals surface area contributed by atoms with Gasteiger partial charge in [-0.2, -0.15) is 0 Å². The van der Waals surface area contributed by atoms with Gasteiger partial charge in [0.2, 0.25) is 0 Å². The zero-order chi connectivity index (χ0) is 9.56. The van der Waals surface area contributed by atoms with E-state index in [0.717, 1.165) is 0 Å². The molecule has 0 saturated carbocycles. The van der Waals surface area contributed by atoms with Gasteiger partial charge in [0.25, 0.3) is 0 Å². The van der Waals surface area contributed by atoms with Crippen LogP contribution in [0, 0.1) is 0 Å². The fourth-order valence-corrected chi connectivity index (χ4v) is 0.755. The lowest BCUT2D eigenvalue weighted by Crippen LogP contribution is -2.35. The number of ketones is 1. The van der Waals surface area contributed by atoms with E-state index in [2.05, 4.69) is 6.58 Å². The van der Waals surface area contributed by atoms with E-state index in [1.54, 1.807) is 6.08 Å². The summed E-state index contributed by atoms with van der Waals surface area (Å²) in [6, 6.07) is 0. The van der Waals surface area contributed by atoms with Crippen molar-refractivity contribution in [1.29, 1.82) is 0 Å². The molecule has 0 aromatic rings. The van der Waals surface area contributed by atoms with Gasteiger partial charge in [0.05, 0.1) is 6.10 Å². The quantitative estimate of drug-likeness (QED) is 0.462. The molecule has 4 nitrogen and oxygen atoms in total. The molecular formula is C8H14O4. The van der Waals surface area contributed by atoms with Crippen molar-refractivity contribution >= 4 is 5.78 Å². The monoisotopic (exact) mass is 174 g/mol. The summed E-state index contributed by atoms with van der Waals surface area (Å²) in [6.07, 6.45) is -0.204. The van der Waals surface area contributed by atoms with Gasteiger partial charge in [0, 0.05) is 0 Å². The van der Waals surface area contributed by atoms with Crippen molar-refractivity contribution in [3.63, 3.8) is 0 Å². The van der Waals surface area contributed by atoms with E-state index in [4.69, 9.17) is 15.3 Å². The zero-order valence-corrected chi connectivity index (χ0v) is 6.81. The molecule has 0 saturated heterocycles. The lowest BCUT2D eigenvalue weighted by molar-refractivity contribution is -0.135. The first-order valence-corrected chi connectivity index (χ1v) is 3.74. The van der Waals surface area contributed by atoms with Gasteiger partial charge in [-0.05, 0) is 12.8 Å². The van der Waals surface area contributed by atoms with Crippen LogP contribution in [-0.2, 0) is 4.79 Å². The van der Waals surface area contributed by atoms with E-state index in [1.165, 1.54) is 0 Å². The van der Waals surface area contributed by atoms with Gasteiger partial charge in [-0.3, -0.25) is 4.79 Å². The molecule has 2 atom stereocenters. The molecule has 0 unspecified atom stereocenters. The summed E-state index contributed by atoms with van der Waals surface area (Å²) in [7, 11) is 0. The normalized spacial score (nSPS) is 15.2. The molecule has 0 heterocycles. The summed E-state index contributed by atoms with van der Waals surface area (Å²) in [5.41, 5.74) is 0. The van der Waals surface area contributed by atoms with Crippen LogP contribution in [-0.4, -0.2) is 39.9 Å². The average Bonchev–Trinajstić information content (AvgIpc) is 2.11. The molecule has 3 N–H and O–H groups in total. The highest BCUT2D eigenvalue weighted by atomic mass is 16.3. The minimum Gasteiger partial charge on any atom is -0.390 e. The maximum atomic E-state index is 10.6. The van der Waals surface area contributed by atoms with Crippen molar-refractivity contribution in [2.75, 3.05) is 6.61 Å². The minimum absolute atomic E-state index is 0.274. The van der Waals surface area contributed by atoms with E-state index in [-0.39, 0.29) is 6.42 Å². The third kappa shape index (κ3) is 3.61. The van der Waals surface area contributed by atoms with Crippen LogP contribution in [0.15, 0.2) is 12.7 Å². The van der Waals surface area contributed by atoms with Crippen LogP contribution in [0.3, 0.4) is 0 Å². The largest absolute Gasteiger partial charge is 0.390 e. The molecular weight excluding hydrogens is 160 g/mol. The summed E-state index contributed by atoms with van der Waals surface area (Å²) in [5.74, 6) is -0.758. The Morgan fingerprint density at radius 1 is 1.50 bits per heavy atom. The van der Waals surface area contributed by atoms with Crippen LogP contribution in [0.2, 0.25) is 0 Å². The first-order chi connectivity index (χ1) is 5.63. The topological polar surface area (TPSA) is 77.8 Å². The molecule has 0 spiro atoms. The summed E-state index contributed by atoms with van der Waals surface area (Å²) >= 11 is 0. The van der Waals surface area contributed by atoms with Gasteiger partial charge >= 0.3 is 0 Å². The Labute approximate surface area is 71.1 Å². The number of aliphatic hydroxyl groups is 3. The van der Waals surface area contributed by atoms with Crippen LogP contribution in [0.4, 0.5) is 0 Å². The van der Waals surface area contributed by atoms with E-state index >= 15 is 0 Å². The van der Waals surface area contributed by atoms with Crippen molar-refractivity contribution in [2.24, 2.45) is 0 Å². The smallest absolute Gasteiger partial charge is 0.189 e. The fourth-order valence-electron chi connectivity index (χ4n) is 0.755. The highest BCUT2D eigenvalue weighted by molar-refractivity contribution is 5.84. The zero-order valence-electron chi connectivity index (χ0n) is 6.81. The number of allylic oxidation sites excluding steroid dienone is 1. The third-order valence-electron chi connectivity index (χ3n) is 1.52. The number of Topliss-reactive ketones (excluding diaryl/α,β-unsaturated/α-hetero) is 1. The predicted molar refractivity (Wildman–Crippen MR) is 43.5 cm³/mol. The highest BCUT2D eigenvalue weighted by Gasteiger charge is 2.22. The first-order valence-electron chi connectivity index (χ1n) is 3.74. The van der Waals surface area contributed by atoms with Gasteiger partial charge in [-0.1, -0.05) is 6.08 Å². The van der Waals surface area contributed by atoms with Gasteiger partial charge < -0.3 is 15.3 Å². The Hall–Kier alpha value is -0.710. The van der Waals surface area contributed by atoms with Crippen molar-refractivity contribution in [2.45, 2.75) is 25.0 Å². The number of carbonyl (C=O) groups excluding carboxylic acids is 1. The van der Waals surface area contributed by atoms with Gasteiger partial charge in [-0.15, -0.1) is 6.58 Å². The molecule has 0 radical (unpaired) electrons. The SMILES string of the molecule is C=CCC[C@@H](O)[C@H](O)C(=O)CO. The Kier molecular flexibility index (Phi) is 5.53. The van der Waals surface area contributed by atoms with Crippen LogP contribution in [0.1, 0.15) is 12.8 Å². The number of hydrogen-bond donors (Lipinski definition) is 3. The lowest BCUT2D eigenvalue weighted by atomic mass is 10.1. The molecule has 0 aliphatic rings. The first kappa shape index (κ1) is 11.3. The molecule has 0 bridgehead atoms. The maximum absolute atomic E-state index is 10.6. The van der Waals surface area contributed by atoms with Crippen molar-refractivity contribution in [3.8, 4) is 0 Å². The van der Waals surface area contributed by atoms with Crippen LogP contribution >= 0.6 is 0 Å². The molecule has 4 heteroatoms. The second kappa shape index (κ2) is 5.88. The number of hydrogen-bond acceptors (Lipinski definition) is 4. The predicted octanol–water partition coefficient (Wildman–Crippen LogP) is -0.764. The van der Waals surface area contributed by atoms with Crippen molar-refractivity contribution < 1.29 is 20.1 Å². The standard InChI is InChI=1S/C8H14O4/c1-2-3-4-6(10)8(12)7(11)5-9/h2,6,8-10,12H,1,3-5H2/t6-,8+/m1/s1.